The van der Waals surface area contributed by atoms with Crippen LogP contribution in [0.25, 0.3) is 0 Å². The molecule has 0 radical (unpaired) electrons. The molecule has 2 aromatic carbocycles. The molecule has 0 atom stereocenters. The molecule has 0 unspecified atom stereocenters. The Labute approximate surface area is 110 Å². The fraction of sp³-hybridized carbons (Fsp3) is 0.133. The summed E-state index contributed by atoms with van der Waals surface area (Å²) >= 11 is 5.77. The number of carbonyl (C=O) groups excluding carboxylic acids is 1. The lowest BCUT2D eigenvalue weighted by Crippen LogP contribution is -2.04. The fourth-order valence-electron chi connectivity index (χ4n) is 1.79. The van der Waals surface area contributed by atoms with Gasteiger partial charge < -0.3 is 0 Å². The molecule has 0 saturated carbocycles. The van der Waals surface area contributed by atoms with Gasteiger partial charge in [0, 0.05) is 17.0 Å². The standard InChI is InChI=1S/C15H12ClFO/c1-10-6-12(9-14(17)7-10)15(18)8-11-2-4-13(16)5-3-11/h2-7,9H,8H2,1H3. The van der Waals surface area contributed by atoms with Gasteiger partial charge in [0.1, 0.15) is 5.82 Å². The van der Waals surface area contributed by atoms with E-state index in [2.05, 4.69) is 0 Å². The Kier molecular flexibility index (Phi) is 3.78. The van der Waals surface area contributed by atoms with E-state index in [1.807, 2.05) is 0 Å². The van der Waals surface area contributed by atoms with Gasteiger partial charge in [-0.1, -0.05) is 23.7 Å². The average molecular weight is 263 g/mol. The van der Waals surface area contributed by atoms with Crippen LogP contribution >= 0.6 is 11.6 Å². The van der Waals surface area contributed by atoms with E-state index in [0.717, 1.165) is 11.1 Å². The predicted octanol–water partition coefficient (Wildman–Crippen LogP) is 4.21. The first-order valence-electron chi connectivity index (χ1n) is 5.59. The zero-order valence-electron chi connectivity index (χ0n) is 9.91. The molecular weight excluding hydrogens is 251 g/mol. The second-order valence-electron chi connectivity index (χ2n) is 4.24. The van der Waals surface area contributed by atoms with E-state index in [1.165, 1.54) is 12.1 Å². The molecule has 3 heteroatoms. The Hall–Kier alpha value is -1.67. The van der Waals surface area contributed by atoms with Crippen molar-refractivity contribution in [1.29, 1.82) is 0 Å². The lowest BCUT2D eigenvalue weighted by Gasteiger charge is -2.03. The number of benzene rings is 2. The van der Waals surface area contributed by atoms with Gasteiger partial charge >= 0.3 is 0 Å². The predicted molar refractivity (Wildman–Crippen MR) is 70.6 cm³/mol. The van der Waals surface area contributed by atoms with E-state index < -0.39 is 0 Å². The number of rotatable bonds is 3. The van der Waals surface area contributed by atoms with Crippen LogP contribution in [0.15, 0.2) is 42.5 Å². The van der Waals surface area contributed by atoms with Gasteiger partial charge in [0.05, 0.1) is 0 Å². The molecule has 0 fully saturated rings. The summed E-state index contributed by atoms with van der Waals surface area (Å²) in [6, 6.07) is 11.4. The van der Waals surface area contributed by atoms with E-state index in [0.29, 0.717) is 10.6 Å². The van der Waals surface area contributed by atoms with Gasteiger partial charge in [-0.3, -0.25) is 4.79 Å². The molecule has 0 aliphatic heterocycles. The maximum atomic E-state index is 13.2. The molecule has 0 bridgehead atoms. The number of halogens is 2. The van der Waals surface area contributed by atoms with Crippen LogP contribution in [-0.4, -0.2) is 5.78 Å². The van der Waals surface area contributed by atoms with Gasteiger partial charge in [-0.05, 0) is 48.4 Å². The van der Waals surface area contributed by atoms with Crippen molar-refractivity contribution >= 4 is 17.4 Å². The van der Waals surface area contributed by atoms with Gasteiger partial charge in [-0.25, -0.2) is 4.39 Å². The molecule has 0 aromatic heterocycles. The van der Waals surface area contributed by atoms with Crippen molar-refractivity contribution in [3.8, 4) is 0 Å². The van der Waals surface area contributed by atoms with Crippen LogP contribution in [0.5, 0.6) is 0 Å². The molecule has 0 amide bonds. The van der Waals surface area contributed by atoms with E-state index in [-0.39, 0.29) is 18.0 Å². The van der Waals surface area contributed by atoms with Gasteiger partial charge in [-0.2, -0.15) is 0 Å². The summed E-state index contributed by atoms with van der Waals surface area (Å²) in [5.41, 5.74) is 2.02. The minimum Gasteiger partial charge on any atom is -0.294 e. The molecule has 0 aliphatic carbocycles. The highest BCUT2D eigenvalue weighted by molar-refractivity contribution is 6.30. The fourth-order valence-corrected chi connectivity index (χ4v) is 1.91. The molecular formula is C15H12ClFO. The Balaban J connectivity index is 2.19. The Morgan fingerprint density at radius 3 is 2.44 bits per heavy atom. The molecule has 0 aliphatic rings. The molecule has 0 spiro atoms. The quantitative estimate of drug-likeness (QED) is 0.757. The van der Waals surface area contributed by atoms with Crippen molar-refractivity contribution in [1.82, 2.24) is 0 Å². The van der Waals surface area contributed by atoms with Crippen LogP contribution in [0.2, 0.25) is 5.02 Å². The third kappa shape index (κ3) is 3.17. The first kappa shape index (κ1) is 12.8. The SMILES string of the molecule is Cc1cc(F)cc(C(=O)Cc2ccc(Cl)cc2)c1. The summed E-state index contributed by atoms with van der Waals surface area (Å²) in [7, 11) is 0. The lowest BCUT2D eigenvalue weighted by molar-refractivity contribution is 0.0992. The molecule has 92 valence electrons. The minimum absolute atomic E-state index is 0.0973. The van der Waals surface area contributed by atoms with Crippen molar-refractivity contribution < 1.29 is 9.18 Å². The maximum absolute atomic E-state index is 13.2. The first-order valence-corrected chi connectivity index (χ1v) is 5.97. The number of aryl methyl sites for hydroxylation is 1. The summed E-state index contributed by atoms with van der Waals surface area (Å²) in [6.07, 6.45) is 0.250. The van der Waals surface area contributed by atoms with Crippen LogP contribution in [0.1, 0.15) is 21.5 Å². The van der Waals surface area contributed by atoms with E-state index in [9.17, 15) is 9.18 Å². The second-order valence-corrected chi connectivity index (χ2v) is 4.68. The van der Waals surface area contributed by atoms with Crippen molar-refractivity contribution in [2.24, 2.45) is 0 Å². The highest BCUT2D eigenvalue weighted by Gasteiger charge is 2.09. The summed E-state index contributed by atoms with van der Waals surface area (Å²) in [5, 5.41) is 0.632. The molecule has 18 heavy (non-hydrogen) atoms. The Bertz CT molecular complexity index is 555. The van der Waals surface area contributed by atoms with Crippen molar-refractivity contribution in [3.05, 3.63) is 70.0 Å². The molecule has 2 rings (SSSR count). The van der Waals surface area contributed by atoms with Crippen LogP contribution in [0.4, 0.5) is 4.39 Å². The third-order valence-electron chi connectivity index (χ3n) is 2.64. The number of hydrogen-bond donors (Lipinski definition) is 0. The molecule has 1 nitrogen and oxygen atoms in total. The molecule has 0 N–H and O–H groups in total. The summed E-state index contributed by atoms with van der Waals surface area (Å²) in [4.78, 5) is 12.0. The highest BCUT2D eigenvalue weighted by Crippen LogP contribution is 2.14. The number of Topliss-reactive ketones (excluding diaryl/α,β-unsaturated/α-hetero) is 1. The lowest BCUT2D eigenvalue weighted by atomic mass is 10.0. The third-order valence-corrected chi connectivity index (χ3v) is 2.89. The summed E-state index contributed by atoms with van der Waals surface area (Å²) in [5.74, 6) is -0.477. The topological polar surface area (TPSA) is 17.1 Å². The first-order chi connectivity index (χ1) is 8.54. The van der Waals surface area contributed by atoms with Crippen molar-refractivity contribution in [2.75, 3.05) is 0 Å². The van der Waals surface area contributed by atoms with Crippen LogP contribution in [-0.2, 0) is 6.42 Å². The largest absolute Gasteiger partial charge is 0.294 e. The van der Waals surface area contributed by atoms with E-state index in [1.54, 1.807) is 37.3 Å². The normalized spacial score (nSPS) is 10.4. The van der Waals surface area contributed by atoms with E-state index >= 15 is 0 Å². The van der Waals surface area contributed by atoms with Crippen molar-refractivity contribution in [3.63, 3.8) is 0 Å². The minimum atomic E-state index is -0.380. The Morgan fingerprint density at radius 2 is 1.83 bits per heavy atom. The van der Waals surface area contributed by atoms with Crippen LogP contribution in [0.3, 0.4) is 0 Å². The molecule has 0 saturated heterocycles. The number of hydrogen-bond acceptors (Lipinski definition) is 1. The highest BCUT2D eigenvalue weighted by atomic mass is 35.5. The molecule has 2 aromatic rings. The summed E-state index contributed by atoms with van der Waals surface area (Å²) in [6.45, 7) is 1.77. The van der Waals surface area contributed by atoms with E-state index in [4.69, 9.17) is 11.6 Å². The van der Waals surface area contributed by atoms with Gasteiger partial charge in [-0.15, -0.1) is 0 Å². The Morgan fingerprint density at radius 1 is 1.17 bits per heavy atom. The van der Waals surface area contributed by atoms with Crippen LogP contribution in [0, 0.1) is 12.7 Å². The zero-order chi connectivity index (χ0) is 13.1. The number of carbonyl (C=O) groups is 1. The van der Waals surface area contributed by atoms with Crippen LogP contribution < -0.4 is 0 Å². The van der Waals surface area contributed by atoms with Crippen molar-refractivity contribution in [2.45, 2.75) is 13.3 Å². The molecule has 0 heterocycles. The zero-order valence-corrected chi connectivity index (χ0v) is 10.7. The second kappa shape index (κ2) is 5.32. The number of ketones is 1. The van der Waals surface area contributed by atoms with Gasteiger partial charge in [0.2, 0.25) is 0 Å². The summed E-state index contributed by atoms with van der Waals surface area (Å²) < 4.78 is 13.2. The monoisotopic (exact) mass is 262 g/mol. The van der Waals surface area contributed by atoms with Gasteiger partial charge in [0.15, 0.2) is 5.78 Å². The average Bonchev–Trinajstić information content (AvgIpc) is 2.31. The smallest absolute Gasteiger partial charge is 0.167 e. The maximum Gasteiger partial charge on any atom is 0.167 e. The van der Waals surface area contributed by atoms with Gasteiger partial charge in [0.25, 0.3) is 0 Å².